The van der Waals surface area contributed by atoms with Crippen molar-refractivity contribution in [1.82, 2.24) is 10.2 Å². The number of rotatable bonds is 7. The Morgan fingerprint density at radius 1 is 1.26 bits per heavy atom. The molecular formula is C19H18N2O3S3. The van der Waals surface area contributed by atoms with Gasteiger partial charge >= 0.3 is 0 Å². The number of thioether (sulfide) groups is 1. The lowest BCUT2D eigenvalue weighted by Gasteiger charge is -2.19. The van der Waals surface area contributed by atoms with E-state index in [0.717, 1.165) is 10.4 Å². The maximum atomic E-state index is 12.5. The van der Waals surface area contributed by atoms with Crippen LogP contribution >= 0.6 is 35.3 Å². The summed E-state index contributed by atoms with van der Waals surface area (Å²) in [6, 6.07) is 13.0. The second kappa shape index (κ2) is 9.27. The van der Waals surface area contributed by atoms with Gasteiger partial charge in [0.2, 0.25) is 5.91 Å². The molecule has 1 atom stereocenters. The number of aliphatic hydroxyl groups excluding tert-OH is 1. The number of nitrogens with zero attached hydrogens (tertiary/aromatic N) is 1. The van der Waals surface area contributed by atoms with Gasteiger partial charge in [0.05, 0.1) is 17.6 Å². The normalized spacial score (nSPS) is 16.8. The van der Waals surface area contributed by atoms with E-state index in [-0.39, 0.29) is 25.0 Å². The lowest BCUT2D eigenvalue weighted by atomic mass is 10.1. The van der Waals surface area contributed by atoms with E-state index >= 15 is 0 Å². The van der Waals surface area contributed by atoms with Crippen LogP contribution in [0.2, 0.25) is 0 Å². The average Bonchev–Trinajstić information content (AvgIpc) is 3.26. The van der Waals surface area contributed by atoms with Crippen LogP contribution in [0, 0.1) is 0 Å². The molecule has 1 aromatic carbocycles. The quantitative estimate of drug-likeness (QED) is 0.534. The van der Waals surface area contributed by atoms with Gasteiger partial charge in [-0.05, 0) is 29.5 Å². The molecule has 0 aliphatic carbocycles. The molecule has 0 bridgehead atoms. The van der Waals surface area contributed by atoms with E-state index in [2.05, 4.69) is 5.32 Å². The third-order valence-electron chi connectivity index (χ3n) is 3.90. The lowest BCUT2D eigenvalue weighted by Crippen LogP contribution is -2.45. The number of aliphatic hydroxyl groups is 1. The highest BCUT2D eigenvalue weighted by molar-refractivity contribution is 8.26. The highest BCUT2D eigenvalue weighted by Crippen LogP contribution is 2.33. The second-order valence-corrected chi connectivity index (χ2v) is 8.58. The van der Waals surface area contributed by atoms with Gasteiger partial charge < -0.3 is 10.4 Å². The lowest BCUT2D eigenvalue weighted by molar-refractivity contribution is -0.129. The maximum absolute atomic E-state index is 12.5. The number of thiocarbonyl (C=S) groups is 1. The number of benzene rings is 1. The third kappa shape index (κ3) is 5.26. The van der Waals surface area contributed by atoms with E-state index in [1.807, 2.05) is 47.8 Å². The van der Waals surface area contributed by atoms with Crippen molar-refractivity contribution in [3.8, 4) is 0 Å². The molecule has 5 nitrogen and oxygen atoms in total. The van der Waals surface area contributed by atoms with E-state index in [9.17, 15) is 14.7 Å². The van der Waals surface area contributed by atoms with Gasteiger partial charge in [-0.3, -0.25) is 14.5 Å². The second-order valence-electron chi connectivity index (χ2n) is 5.92. The number of carbonyl (C=O) groups excluding carboxylic acids is 2. The van der Waals surface area contributed by atoms with E-state index in [4.69, 9.17) is 12.2 Å². The molecule has 8 heteroatoms. The minimum absolute atomic E-state index is 0.155. The van der Waals surface area contributed by atoms with Crippen molar-refractivity contribution in [2.45, 2.75) is 12.5 Å². The average molecular weight is 419 g/mol. The molecule has 0 radical (unpaired) electrons. The van der Waals surface area contributed by atoms with Crippen molar-refractivity contribution in [3.05, 3.63) is 63.2 Å². The van der Waals surface area contributed by atoms with Gasteiger partial charge in [-0.25, -0.2) is 0 Å². The Labute approximate surface area is 171 Å². The highest BCUT2D eigenvalue weighted by atomic mass is 32.2. The zero-order chi connectivity index (χ0) is 19.2. The molecule has 3 rings (SSSR count). The Balaban J connectivity index is 1.59. The summed E-state index contributed by atoms with van der Waals surface area (Å²) in [5.74, 6) is -0.615. The van der Waals surface area contributed by atoms with Crippen molar-refractivity contribution in [1.29, 1.82) is 0 Å². The van der Waals surface area contributed by atoms with Crippen LogP contribution in [0.1, 0.15) is 10.4 Å². The summed E-state index contributed by atoms with van der Waals surface area (Å²) in [5, 5.41) is 14.3. The standard InChI is InChI=1S/C19H18N2O3S3/c22-12-14(9-13-5-2-1-3-6-13)20-17(23)11-21-18(24)16(27-19(21)25)10-15-7-4-8-26-15/h1-8,10,14,22H,9,11-12H2,(H,20,23)/b16-10-/t14-/m1/s1. The van der Waals surface area contributed by atoms with E-state index in [1.165, 1.54) is 28.0 Å². The number of carbonyl (C=O) groups is 2. The molecule has 1 aromatic heterocycles. The zero-order valence-corrected chi connectivity index (χ0v) is 16.8. The van der Waals surface area contributed by atoms with Crippen LogP contribution in [-0.2, 0) is 16.0 Å². The van der Waals surface area contributed by atoms with Crippen molar-refractivity contribution in [2.24, 2.45) is 0 Å². The number of nitrogens with one attached hydrogen (secondary N) is 1. The van der Waals surface area contributed by atoms with Crippen LogP contribution in [-0.4, -0.2) is 45.3 Å². The minimum Gasteiger partial charge on any atom is -0.394 e. The molecule has 2 amide bonds. The molecule has 140 valence electrons. The first-order valence-electron chi connectivity index (χ1n) is 8.30. The monoisotopic (exact) mass is 418 g/mol. The summed E-state index contributed by atoms with van der Waals surface area (Å²) >= 11 is 7.98. The molecule has 1 aliphatic heterocycles. The van der Waals surface area contributed by atoms with Crippen molar-refractivity contribution in [3.63, 3.8) is 0 Å². The molecule has 1 saturated heterocycles. The highest BCUT2D eigenvalue weighted by Gasteiger charge is 2.33. The summed E-state index contributed by atoms with van der Waals surface area (Å²) in [6.07, 6.45) is 2.30. The maximum Gasteiger partial charge on any atom is 0.266 e. The summed E-state index contributed by atoms with van der Waals surface area (Å²) in [6.45, 7) is -0.338. The zero-order valence-electron chi connectivity index (χ0n) is 14.3. The largest absolute Gasteiger partial charge is 0.394 e. The molecule has 0 unspecified atom stereocenters. The van der Waals surface area contributed by atoms with Gasteiger partial charge in [0.1, 0.15) is 10.9 Å². The number of hydrogen-bond acceptors (Lipinski definition) is 6. The van der Waals surface area contributed by atoms with Gasteiger partial charge in [0, 0.05) is 4.88 Å². The molecule has 0 spiro atoms. The van der Waals surface area contributed by atoms with Crippen LogP contribution in [0.25, 0.3) is 6.08 Å². The first-order chi connectivity index (χ1) is 13.1. The Hall–Kier alpha value is -2.00. The minimum atomic E-state index is -0.417. The first-order valence-corrected chi connectivity index (χ1v) is 10.4. The van der Waals surface area contributed by atoms with Gasteiger partial charge in [0.25, 0.3) is 5.91 Å². The third-order valence-corrected chi connectivity index (χ3v) is 6.10. The molecule has 27 heavy (non-hydrogen) atoms. The van der Waals surface area contributed by atoms with Crippen molar-refractivity contribution in [2.75, 3.05) is 13.2 Å². The Morgan fingerprint density at radius 3 is 2.70 bits per heavy atom. The fourth-order valence-corrected chi connectivity index (χ4v) is 4.59. The predicted molar refractivity (Wildman–Crippen MR) is 113 cm³/mol. The van der Waals surface area contributed by atoms with Gasteiger partial charge in [-0.1, -0.05) is 60.4 Å². The Bertz CT molecular complexity index is 850. The number of hydrogen-bond donors (Lipinski definition) is 2. The van der Waals surface area contributed by atoms with Crippen LogP contribution in [0.4, 0.5) is 0 Å². The van der Waals surface area contributed by atoms with Crippen LogP contribution in [0.15, 0.2) is 52.7 Å². The van der Waals surface area contributed by atoms with Gasteiger partial charge in [0.15, 0.2) is 0 Å². The molecule has 2 aromatic rings. The summed E-state index contributed by atoms with van der Waals surface area (Å²) in [4.78, 5) is 27.7. The molecule has 1 fully saturated rings. The van der Waals surface area contributed by atoms with Gasteiger partial charge in [-0.15, -0.1) is 11.3 Å². The summed E-state index contributed by atoms with van der Waals surface area (Å²) in [7, 11) is 0. The molecule has 2 N–H and O–H groups in total. The SMILES string of the molecule is O=C(CN1C(=O)/C(=C/c2cccs2)SC1=S)N[C@@H](CO)Cc1ccccc1. The summed E-state index contributed by atoms with van der Waals surface area (Å²) in [5.41, 5.74) is 1.02. The fraction of sp³-hybridized carbons (Fsp3) is 0.211. The van der Waals surface area contributed by atoms with Gasteiger partial charge in [-0.2, -0.15) is 0 Å². The Kier molecular flexibility index (Phi) is 6.78. The number of amides is 2. The number of thiophene rings is 1. The smallest absolute Gasteiger partial charge is 0.266 e. The van der Waals surface area contributed by atoms with E-state index in [0.29, 0.717) is 15.6 Å². The first kappa shape index (κ1) is 19.8. The van der Waals surface area contributed by atoms with Crippen molar-refractivity contribution >= 4 is 57.5 Å². The molecule has 1 aliphatic rings. The van der Waals surface area contributed by atoms with E-state index in [1.54, 1.807) is 6.08 Å². The topological polar surface area (TPSA) is 69.6 Å². The molecule has 0 saturated carbocycles. The van der Waals surface area contributed by atoms with Crippen LogP contribution in [0.3, 0.4) is 0 Å². The van der Waals surface area contributed by atoms with E-state index < -0.39 is 6.04 Å². The van der Waals surface area contributed by atoms with Crippen LogP contribution < -0.4 is 5.32 Å². The fourth-order valence-electron chi connectivity index (χ4n) is 2.62. The molecule has 2 heterocycles. The molecular weight excluding hydrogens is 400 g/mol. The van der Waals surface area contributed by atoms with Crippen LogP contribution in [0.5, 0.6) is 0 Å². The summed E-state index contributed by atoms with van der Waals surface area (Å²) < 4.78 is 0.363. The Morgan fingerprint density at radius 2 is 2.04 bits per heavy atom. The van der Waals surface area contributed by atoms with Crippen molar-refractivity contribution < 1.29 is 14.7 Å². The predicted octanol–water partition coefficient (Wildman–Crippen LogP) is 2.67.